The first kappa shape index (κ1) is 18.1. The second-order valence-electron chi connectivity index (χ2n) is 6.39. The van der Waals surface area contributed by atoms with Gasteiger partial charge < -0.3 is 14.1 Å². The van der Waals surface area contributed by atoms with Gasteiger partial charge in [-0.15, -0.1) is 21.5 Å². The fraction of sp³-hybridized carbons (Fsp3) is 0.611. The molecule has 7 heteroatoms. The smallest absolute Gasteiger partial charge is 0.257 e. The molecular weight excluding hydrogens is 338 g/mol. The zero-order chi connectivity index (χ0) is 17.6. The zero-order valence-corrected chi connectivity index (χ0v) is 15.7. The minimum absolute atomic E-state index is 0.129. The van der Waals surface area contributed by atoms with E-state index < -0.39 is 0 Å². The molecule has 0 aromatic carbocycles. The van der Waals surface area contributed by atoms with Gasteiger partial charge >= 0.3 is 0 Å². The van der Waals surface area contributed by atoms with E-state index in [-0.39, 0.29) is 12.0 Å². The van der Waals surface area contributed by atoms with Crippen molar-refractivity contribution >= 4 is 17.2 Å². The van der Waals surface area contributed by atoms with Gasteiger partial charge in [-0.3, -0.25) is 4.79 Å². The van der Waals surface area contributed by atoms with Crippen molar-refractivity contribution in [1.82, 2.24) is 15.1 Å². The molecule has 1 aliphatic rings. The fourth-order valence-electron chi connectivity index (χ4n) is 3.00. The van der Waals surface area contributed by atoms with E-state index >= 15 is 0 Å². The Balaban J connectivity index is 1.54. The molecule has 0 saturated carbocycles. The van der Waals surface area contributed by atoms with Crippen molar-refractivity contribution in [2.45, 2.75) is 52.1 Å². The number of nitrogens with zero attached hydrogens (tertiary/aromatic N) is 3. The van der Waals surface area contributed by atoms with Crippen molar-refractivity contribution in [3.05, 3.63) is 22.9 Å². The highest BCUT2D eigenvalue weighted by Gasteiger charge is 2.22. The second-order valence-corrected chi connectivity index (χ2v) is 7.67. The van der Waals surface area contributed by atoms with E-state index in [9.17, 15) is 4.79 Å². The van der Waals surface area contributed by atoms with Gasteiger partial charge in [0, 0.05) is 37.4 Å². The third-order valence-electron chi connectivity index (χ3n) is 4.26. The number of aromatic nitrogens is 2. The summed E-state index contributed by atoms with van der Waals surface area (Å²) in [5.41, 5.74) is 0. The highest BCUT2D eigenvalue weighted by molar-refractivity contribution is 7.15. The molecule has 2 aromatic heterocycles. The van der Waals surface area contributed by atoms with Crippen LogP contribution in [-0.4, -0.2) is 46.8 Å². The topological polar surface area (TPSA) is 68.5 Å². The van der Waals surface area contributed by atoms with Crippen LogP contribution in [0.3, 0.4) is 0 Å². The summed E-state index contributed by atoms with van der Waals surface area (Å²) in [7, 11) is 0. The summed E-state index contributed by atoms with van der Waals surface area (Å²) < 4.78 is 11.4. The van der Waals surface area contributed by atoms with Crippen molar-refractivity contribution in [3.8, 4) is 10.8 Å². The normalized spacial score (nSPS) is 17.1. The number of rotatable bonds is 8. The van der Waals surface area contributed by atoms with Crippen LogP contribution >= 0.6 is 11.3 Å². The zero-order valence-electron chi connectivity index (χ0n) is 14.9. The van der Waals surface area contributed by atoms with Crippen molar-refractivity contribution < 1.29 is 13.9 Å². The number of aryl methyl sites for hydroxylation is 2. The highest BCUT2D eigenvalue weighted by atomic mass is 32.1. The van der Waals surface area contributed by atoms with Gasteiger partial charge in [0.15, 0.2) is 0 Å². The van der Waals surface area contributed by atoms with E-state index in [2.05, 4.69) is 17.1 Å². The number of amides is 1. The molecule has 136 valence electrons. The molecule has 1 atom stereocenters. The van der Waals surface area contributed by atoms with Gasteiger partial charge in [-0.05, 0) is 38.3 Å². The van der Waals surface area contributed by atoms with Gasteiger partial charge in [-0.1, -0.05) is 6.92 Å². The Labute approximate surface area is 152 Å². The average Bonchev–Trinajstić information content (AvgIpc) is 3.33. The molecule has 3 rings (SSSR count). The van der Waals surface area contributed by atoms with Crippen LogP contribution < -0.4 is 0 Å². The van der Waals surface area contributed by atoms with Crippen LogP contribution in [0.2, 0.25) is 0 Å². The third kappa shape index (κ3) is 4.89. The van der Waals surface area contributed by atoms with Crippen LogP contribution in [-0.2, 0) is 16.0 Å². The van der Waals surface area contributed by atoms with Crippen LogP contribution in [0, 0.1) is 6.92 Å². The summed E-state index contributed by atoms with van der Waals surface area (Å²) in [5.74, 6) is 1.18. The summed E-state index contributed by atoms with van der Waals surface area (Å²) in [6, 6.07) is 4.01. The predicted molar refractivity (Wildman–Crippen MR) is 96.5 cm³/mol. The van der Waals surface area contributed by atoms with Crippen molar-refractivity contribution in [3.63, 3.8) is 0 Å². The number of hydrogen-bond donors (Lipinski definition) is 0. The van der Waals surface area contributed by atoms with Crippen LogP contribution in [0.4, 0.5) is 0 Å². The van der Waals surface area contributed by atoms with Crippen LogP contribution in [0.25, 0.3) is 10.8 Å². The maximum atomic E-state index is 12.6. The lowest BCUT2D eigenvalue weighted by molar-refractivity contribution is -0.132. The largest absolute Gasteiger partial charge is 0.420 e. The summed E-state index contributed by atoms with van der Waals surface area (Å²) in [4.78, 5) is 16.6. The van der Waals surface area contributed by atoms with Gasteiger partial charge in [-0.2, -0.15) is 0 Å². The minimum atomic E-state index is 0.129. The van der Waals surface area contributed by atoms with E-state index in [0.29, 0.717) is 31.2 Å². The summed E-state index contributed by atoms with van der Waals surface area (Å²) in [6.07, 6.45) is 4.13. The molecule has 0 N–H and O–H groups in total. The van der Waals surface area contributed by atoms with Gasteiger partial charge in [-0.25, -0.2) is 0 Å². The molecule has 0 spiro atoms. The second kappa shape index (κ2) is 8.58. The molecule has 0 bridgehead atoms. The molecule has 6 nitrogen and oxygen atoms in total. The lowest BCUT2D eigenvalue weighted by Gasteiger charge is -2.25. The Morgan fingerprint density at radius 3 is 2.96 bits per heavy atom. The Morgan fingerprint density at radius 1 is 1.40 bits per heavy atom. The van der Waals surface area contributed by atoms with E-state index in [1.54, 1.807) is 11.3 Å². The van der Waals surface area contributed by atoms with Gasteiger partial charge in [0.2, 0.25) is 11.8 Å². The van der Waals surface area contributed by atoms with Gasteiger partial charge in [0.1, 0.15) is 0 Å². The van der Waals surface area contributed by atoms with Crippen molar-refractivity contribution in [1.29, 1.82) is 0 Å². The number of thiophene rings is 1. The molecule has 1 fully saturated rings. The van der Waals surface area contributed by atoms with Crippen LogP contribution in [0.1, 0.15) is 43.4 Å². The molecule has 25 heavy (non-hydrogen) atoms. The van der Waals surface area contributed by atoms with Gasteiger partial charge in [0.25, 0.3) is 5.89 Å². The third-order valence-corrected chi connectivity index (χ3v) is 5.25. The first-order valence-corrected chi connectivity index (χ1v) is 9.76. The maximum absolute atomic E-state index is 12.6. The van der Waals surface area contributed by atoms with Crippen LogP contribution in [0.15, 0.2) is 16.5 Å². The molecule has 0 aliphatic carbocycles. The maximum Gasteiger partial charge on any atom is 0.257 e. The monoisotopic (exact) mass is 363 g/mol. The molecule has 1 saturated heterocycles. The van der Waals surface area contributed by atoms with E-state index in [0.717, 1.165) is 37.3 Å². The molecule has 1 amide bonds. The standard InChI is InChI=1S/C18H25N3O3S/c1-3-10-21(12-14-5-4-11-23-14)17(22)9-8-16-19-20-18(24-16)15-7-6-13(2)25-15/h6-7,14H,3-5,8-12H2,1-2H3. The molecule has 3 heterocycles. The summed E-state index contributed by atoms with van der Waals surface area (Å²) >= 11 is 1.62. The lowest BCUT2D eigenvalue weighted by atomic mass is 10.2. The fourth-order valence-corrected chi connectivity index (χ4v) is 3.79. The quantitative estimate of drug-likeness (QED) is 0.718. The molecule has 1 aliphatic heterocycles. The Hall–Kier alpha value is -1.73. The van der Waals surface area contributed by atoms with E-state index in [1.807, 2.05) is 24.0 Å². The number of carbonyl (C=O) groups excluding carboxylic acids is 1. The molecule has 1 unspecified atom stereocenters. The first-order chi connectivity index (χ1) is 12.2. The average molecular weight is 363 g/mol. The number of hydrogen-bond acceptors (Lipinski definition) is 6. The summed E-state index contributed by atoms with van der Waals surface area (Å²) in [6.45, 7) is 6.40. The van der Waals surface area contributed by atoms with E-state index in [4.69, 9.17) is 9.15 Å². The van der Waals surface area contributed by atoms with Crippen LogP contribution in [0.5, 0.6) is 0 Å². The number of carbonyl (C=O) groups is 1. The molecule has 2 aromatic rings. The Kier molecular flexibility index (Phi) is 6.20. The van der Waals surface area contributed by atoms with E-state index in [1.165, 1.54) is 4.88 Å². The van der Waals surface area contributed by atoms with Crippen molar-refractivity contribution in [2.75, 3.05) is 19.7 Å². The lowest BCUT2D eigenvalue weighted by Crippen LogP contribution is -2.38. The SMILES string of the molecule is CCCN(CC1CCCO1)C(=O)CCc1nnc(-c2ccc(C)s2)o1. The minimum Gasteiger partial charge on any atom is -0.420 e. The van der Waals surface area contributed by atoms with Gasteiger partial charge in [0.05, 0.1) is 11.0 Å². The summed E-state index contributed by atoms with van der Waals surface area (Å²) in [5, 5.41) is 8.17. The molecular formula is C18H25N3O3S. The number of ether oxygens (including phenoxy) is 1. The highest BCUT2D eigenvalue weighted by Crippen LogP contribution is 2.26. The Bertz CT molecular complexity index is 691. The van der Waals surface area contributed by atoms with Crippen molar-refractivity contribution in [2.24, 2.45) is 0 Å². The molecule has 0 radical (unpaired) electrons. The Morgan fingerprint density at radius 2 is 2.28 bits per heavy atom. The predicted octanol–water partition coefficient (Wildman–Crippen LogP) is 3.46. The first-order valence-electron chi connectivity index (χ1n) is 8.94.